The van der Waals surface area contributed by atoms with Crippen molar-refractivity contribution in [3.05, 3.63) is 11.4 Å². The molecule has 2 N–H and O–H groups in total. The van der Waals surface area contributed by atoms with E-state index < -0.39 is 24.3 Å². The van der Waals surface area contributed by atoms with Crippen molar-refractivity contribution < 1.29 is 31.1 Å². The van der Waals surface area contributed by atoms with Gasteiger partial charge < -0.3 is 10.5 Å². The molecule has 0 fully saturated rings. The largest absolute Gasteiger partial charge is 0.454 e. The number of halogens is 6. The number of alkyl halides is 6. The highest BCUT2D eigenvalue weighted by Crippen LogP contribution is 2.37. The SMILES string of the molecule is CCc1nc(N)c(C)c(OC(C(F)(F)F)C(F)(F)F)n1. The van der Waals surface area contributed by atoms with Crippen molar-refractivity contribution in [3.63, 3.8) is 0 Å². The lowest BCUT2D eigenvalue weighted by atomic mass is 10.3. The van der Waals surface area contributed by atoms with Gasteiger partial charge in [0.15, 0.2) is 0 Å². The molecule has 1 aromatic rings. The molecule has 0 aliphatic rings. The fourth-order valence-electron chi connectivity index (χ4n) is 1.26. The Bertz CT molecular complexity index is 471. The molecule has 0 radical (unpaired) electrons. The van der Waals surface area contributed by atoms with Crippen LogP contribution in [0.4, 0.5) is 32.2 Å². The number of aryl methyl sites for hydroxylation is 1. The van der Waals surface area contributed by atoms with Crippen molar-refractivity contribution in [3.8, 4) is 5.88 Å². The van der Waals surface area contributed by atoms with Gasteiger partial charge in [0.25, 0.3) is 6.10 Å². The van der Waals surface area contributed by atoms with Crippen LogP contribution < -0.4 is 10.5 Å². The first-order valence-electron chi connectivity index (χ1n) is 5.39. The Hall–Kier alpha value is -1.74. The zero-order valence-corrected chi connectivity index (χ0v) is 10.4. The highest BCUT2D eigenvalue weighted by molar-refractivity contribution is 5.44. The first-order valence-corrected chi connectivity index (χ1v) is 5.39. The number of rotatable bonds is 3. The summed E-state index contributed by atoms with van der Waals surface area (Å²) in [6.45, 7) is 2.74. The number of ether oxygens (including phenoxy) is 1. The number of nitrogens with two attached hydrogens (primary N) is 1. The molecular weight excluding hydrogens is 292 g/mol. The highest BCUT2D eigenvalue weighted by atomic mass is 19.4. The van der Waals surface area contributed by atoms with Crippen molar-refractivity contribution in [1.29, 1.82) is 0 Å². The molecule has 1 aromatic heterocycles. The van der Waals surface area contributed by atoms with Crippen LogP contribution in [0.1, 0.15) is 18.3 Å². The molecule has 0 aromatic carbocycles. The van der Waals surface area contributed by atoms with E-state index in [-0.39, 0.29) is 23.6 Å². The lowest BCUT2D eigenvalue weighted by molar-refractivity contribution is -0.300. The number of nitrogens with zero attached hydrogens (tertiary/aromatic N) is 2. The van der Waals surface area contributed by atoms with Gasteiger partial charge in [-0.05, 0) is 6.92 Å². The second kappa shape index (κ2) is 5.33. The van der Waals surface area contributed by atoms with Crippen LogP contribution in [-0.2, 0) is 6.42 Å². The predicted octanol–water partition coefficient (Wildman–Crippen LogP) is 2.80. The Morgan fingerprint density at radius 3 is 2.00 bits per heavy atom. The summed E-state index contributed by atoms with van der Waals surface area (Å²) in [6.07, 6.45) is -15.0. The number of hydrogen-bond acceptors (Lipinski definition) is 4. The van der Waals surface area contributed by atoms with Crippen LogP contribution in [0.25, 0.3) is 0 Å². The summed E-state index contributed by atoms with van der Waals surface area (Å²) in [5.41, 5.74) is 5.22. The maximum atomic E-state index is 12.4. The molecule has 114 valence electrons. The minimum absolute atomic E-state index is 0.00815. The molecule has 0 spiro atoms. The minimum atomic E-state index is -5.61. The summed E-state index contributed by atoms with van der Waals surface area (Å²) >= 11 is 0. The smallest absolute Gasteiger partial charge is 0.434 e. The Morgan fingerprint density at radius 2 is 1.60 bits per heavy atom. The van der Waals surface area contributed by atoms with Gasteiger partial charge in [0.05, 0.1) is 5.56 Å². The summed E-state index contributed by atoms with van der Waals surface area (Å²) in [7, 11) is 0. The molecule has 0 bridgehead atoms. The van der Waals surface area contributed by atoms with Crippen LogP contribution in [-0.4, -0.2) is 28.4 Å². The lowest BCUT2D eigenvalue weighted by Crippen LogP contribution is -2.46. The zero-order chi connectivity index (χ0) is 15.7. The van der Waals surface area contributed by atoms with Crippen molar-refractivity contribution in [1.82, 2.24) is 9.97 Å². The first-order chi connectivity index (χ1) is 8.96. The molecule has 0 unspecified atom stereocenters. The molecule has 0 amide bonds. The quantitative estimate of drug-likeness (QED) is 0.872. The molecule has 0 saturated carbocycles. The number of hydrogen-bond donors (Lipinski definition) is 1. The maximum absolute atomic E-state index is 12.4. The van der Waals surface area contributed by atoms with Gasteiger partial charge >= 0.3 is 12.4 Å². The van der Waals surface area contributed by atoms with E-state index in [4.69, 9.17) is 5.73 Å². The van der Waals surface area contributed by atoms with Crippen LogP contribution in [0.3, 0.4) is 0 Å². The number of nitrogen functional groups attached to an aromatic ring is 1. The van der Waals surface area contributed by atoms with Crippen LogP contribution in [0.2, 0.25) is 0 Å². The summed E-state index contributed by atoms with van der Waals surface area (Å²) in [5.74, 6) is -1.06. The predicted molar refractivity (Wildman–Crippen MR) is 57.1 cm³/mol. The number of anilines is 1. The molecular formula is C10H11F6N3O. The van der Waals surface area contributed by atoms with Gasteiger partial charge in [-0.3, -0.25) is 0 Å². The van der Waals surface area contributed by atoms with Crippen LogP contribution in [0, 0.1) is 6.92 Å². The Morgan fingerprint density at radius 1 is 1.10 bits per heavy atom. The number of aromatic nitrogens is 2. The third-order valence-electron chi connectivity index (χ3n) is 2.33. The van der Waals surface area contributed by atoms with Gasteiger partial charge in [0, 0.05) is 6.42 Å². The first kappa shape index (κ1) is 16.3. The molecule has 1 heterocycles. The van der Waals surface area contributed by atoms with Crippen molar-refractivity contribution in [2.75, 3.05) is 5.73 Å². The minimum Gasteiger partial charge on any atom is -0.454 e. The average Bonchev–Trinajstić information content (AvgIpc) is 2.27. The van der Waals surface area contributed by atoms with Gasteiger partial charge in [-0.15, -0.1) is 0 Å². The summed E-state index contributed by atoms with van der Waals surface area (Å²) in [6, 6.07) is 0. The second-order valence-corrected chi connectivity index (χ2v) is 3.89. The molecule has 0 aliphatic carbocycles. The topological polar surface area (TPSA) is 61.0 Å². The van der Waals surface area contributed by atoms with Gasteiger partial charge in [-0.25, -0.2) is 4.98 Å². The van der Waals surface area contributed by atoms with Crippen molar-refractivity contribution in [2.45, 2.75) is 38.7 Å². The van der Waals surface area contributed by atoms with Gasteiger partial charge in [0.1, 0.15) is 11.6 Å². The molecule has 20 heavy (non-hydrogen) atoms. The molecule has 1 rings (SSSR count). The van der Waals surface area contributed by atoms with Crippen LogP contribution in [0.5, 0.6) is 5.88 Å². The summed E-state index contributed by atoms with van der Waals surface area (Å²) in [5, 5.41) is 0. The van der Waals surface area contributed by atoms with Gasteiger partial charge in [0.2, 0.25) is 5.88 Å². The average molecular weight is 303 g/mol. The fraction of sp³-hybridized carbons (Fsp3) is 0.600. The van der Waals surface area contributed by atoms with Gasteiger partial charge in [-0.2, -0.15) is 31.3 Å². The molecule has 0 saturated heterocycles. The Balaban J connectivity index is 3.21. The van der Waals surface area contributed by atoms with Crippen LogP contribution >= 0.6 is 0 Å². The molecule has 0 atom stereocenters. The van der Waals surface area contributed by atoms with Gasteiger partial charge in [-0.1, -0.05) is 6.92 Å². The summed E-state index contributed by atoms with van der Waals surface area (Å²) in [4.78, 5) is 7.21. The standard InChI is InChI=1S/C10H11F6N3O/c1-3-5-18-6(17)4(2)7(19-5)20-8(9(11,12)13)10(14,15)16/h8H,3H2,1-2H3,(H2,17,18,19). The van der Waals surface area contributed by atoms with Crippen LogP contribution in [0.15, 0.2) is 0 Å². The molecule has 4 nitrogen and oxygen atoms in total. The van der Waals surface area contributed by atoms with E-state index in [0.717, 1.165) is 0 Å². The van der Waals surface area contributed by atoms with Crippen molar-refractivity contribution >= 4 is 5.82 Å². The zero-order valence-electron chi connectivity index (χ0n) is 10.4. The second-order valence-electron chi connectivity index (χ2n) is 3.89. The van der Waals surface area contributed by atoms with E-state index in [1.165, 1.54) is 6.92 Å². The third-order valence-corrected chi connectivity index (χ3v) is 2.33. The van der Waals surface area contributed by atoms with E-state index in [1.54, 1.807) is 6.92 Å². The van der Waals surface area contributed by atoms with E-state index in [9.17, 15) is 26.3 Å². The third kappa shape index (κ3) is 3.64. The lowest BCUT2D eigenvalue weighted by Gasteiger charge is -2.24. The molecule has 10 heteroatoms. The van der Waals surface area contributed by atoms with E-state index in [2.05, 4.69) is 14.7 Å². The Kier molecular flexibility index (Phi) is 4.35. The monoisotopic (exact) mass is 303 g/mol. The fourth-order valence-corrected chi connectivity index (χ4v) is 1.26. The summed E-state index contributed by atoms with van der Waals surface area (Å²) < 4.78 is 78.4. The molecule has 0 aliphatic heterocycles. The van der Waals surface area contributed by atoms with E-state index in [0.29, 0.717) is 0 Å². The van der Waals surface area contributed by atoms with Crippen molar-refractivity contribution in [2.24, 2.45) is 0 Å². The highest BCUT2D eigenvalue weighted by Gasteiger charge is 2.59. The Labute approximate surface area is 110 Å². The normalized spacial score (nSPS) is 12.8. The van der Waals surface area contributed by atoms with E-state index >= 15 is 0 Å². The maximum Gasteiger partial charge on any atom is 0.434 e. The van der Waals surface area contributed by atoms with E-state index in [1.807, 2.05) is 0 Å².